The van der Waals surface area contributed by atoms with Gasteiger partial charge in [-0.25, -0.2) is 15.0 Å². The Morgan fingerprint density at radius 1 is 1.24 bits per heavy atom. The van der Waals surface area contributed by atoms with Crippen LogP contribution in [0.2, 0.25) is 0 Å². The van der Waals surface area contributed by atoms with Crippen molar-refractivity contribution in [2.45, 2.75) is 37.0 Å². The lowest BCUT2D eigenvalue weighted by Gasteiger charge is -2.17. The van der Waals surface area contributed by atoms with Crippen LogP contribution in [-0.2, 0) is 20.7 Å². The molecule has 5 atom stereocenters. The number of fused-ring (bicyclic) bond motifs is 2. The van der Waals surface area contributed by atoms with E-state index in [1.807, 2.05) is 30.5 Å². The topological polar surface area (TPSA) is 187 Å². The second-order valence-electron chi connectivity index (χ2n) is 7.93. The Labute approximate surface area is 187 Å². The number of carbonyl (C=O) groups is 1. The Morgan fingerprint density at radius 2 is 2.06 bits per heavy atom. The molecule has 4 aromatic rings. The van der Waals surface area contributed by atoms with Gasteiger partial charge in [-0.3, -0.25) is 9.36 Å². The molecule has 0 radical (unpaired) electrons. The van der Waals surface area contributed by atoms with Crippen LogP contribution >= 0.6 is 0 Å². The number of aromatic nitrogens is 5. The van der Waals surface area contributed by atoms with Crippen molar-refractivity contribution in [1.82, 2.24) is 24.5 Å². The SMILES string of the molecule is Nc1ncnc2c1ncn2[C@@H]1O[C@H](COC(=O)[C@@H](N)Cc2c[nH]c3ccccc23)C(O)C1O. The highest BCUT2D eigenvalue weighted by Crippen LogP contribution is 2.32. The van der Waals surface area contributed by atoms with Gasteiger partial charge in [0, 0.05) is 23.5 Å². The van der Waals surface area contributed by atoms with Gasteiger partial charge < -0.3 is 36.1 Å². The van der Waals surface area contributed by atoms with Crippen LogP contribution in [0.1, 0.15) is 11.8 Å². The lowest BCUT2D eigenvalue weighted by molar-refractivity contribution is -0.151. The number of rotatable bonds is 6. The number of aliphatic hydroxyl groups excluding tert-OH is 2. The van der Waals surface area contributed by atoms with Gasteiger partial charge in [-0.05, 0) is 11.6 Å². The maximum atomic E-state index is 12.5. The summed E-state index contributed by atoms with van der Waals surface area (Å²) >= 11 is 0. The molecule has 7 N–H and O–H groups in total. The van der Waals surface area contributed by atoms with E-state index in [1.165, 1.54) is 17.2 Å². The van der Waals surface area contributed by atoms with Crippen LogP contribution in [0, 0.1) is 0 Å². The summed E-state index contributed by atoms with van der Waals surface area (Å²) in [6.45, 7) is -0.279. The third kappa shape index (κ3) is 3.78. The minimum Gasteiger partial charge on any atom is -0.462 e. The van der Waals surface area contributed by atoms with Crippen molar-refractivity contribution in [3.05, 3.63) is 48.7 Å². The van der Waals surface area contributed by atoms with Crippen molar-refractivity contribution in [2.75, 3.05) is 12.3 Å². The first-order valence-electron chi connectivity index (χ1n) is 10.4. The normalized spacial score (nSPS) is 23.8. The Hall–Kier alpha value is -3.58. The number of imidazole rings is 1. The highest BCUT2D eigenvalue weighted by atomic mass is 16.6. The van der Waals surface area contributed by atoms with E-state index in [1.54, 1.807) is 0 Å². The lowest BCUT2D eigenvalue weighted by atomic mass is 10.1. The lowest BCUT2D eigenvalue weighted by Crippen LogP contribution is -2.38. The molecule has 4 heterocycles. The quantitative estimate of drug-likeness (QED) is 0.241. The van der Waals surface area contributed by atoms with E-state index < -0.39 is 36.6 Å². The fourth-order valence-electron chi connectivity index (χ4n) is 4.04. The molecule has 0 amide bonds. The Kier molecular flexibility index (Phi) is 5.42. The molecule has 0 aliphatic carbocycles. The fraction of sp³-hybridized carbons (Fsp3) is 0.333. The molecule has 12 nitrogen and oxygen atoms in total. The summed E-state index contributed by atoms with van der Waals surface area (Å²) in [4.78, 5) is 27.7. The molecule has 1 aliphatic rings. The van der Waals surface area contributed by atoms with Crippen molar-refractivity contribution in [1.29, 1.82) is 0 Å². The minimum atomic E-state index is -1.30. The van der Waals surface area contributed by atoms with Crippen LogP contribution in [0.15, 0.2) is 43.1 Å². The van der Waals surface area contributed by atoms with E-state index in [0.717, 1.165) is 16.5 Å². The molecule has 1 saturated heterocycles. The third-order valence-corrected chi connectivity index (χ3v) is 5.81. The molecule has 5 rings (SSSR count). The van der Waals surface area contributed by atoms with Gasteiger partial charge in [-0.2, -0.15) is 0 Å². The highest BCUT2D eigenvalue weighted by Gasteiger charge is 2.45. The number of nitrogens with two attached hydrogens (primary N) is 2. The zero-order chi connectivity index (χ0) is 23.1. The Bertz CT molecular complexity index is 1300. The van der Waals surface area contributed by atoms with E-state index in [0.29, 0.717) is 11.2 Å². The zero-order valence-electron chi connectivity index (χ0n) is 17.4. The molecule has 12 heteroatoms. The van der Waals surface area contributed by atoms with Gasteiger partial charge in [0.05, 0.1) is 6.33 Å². The van der Waals surface area contributed by atoms with Gasteiger partial charge in [0.2, 0.25) is 0 Å². The minimum absolute atomic E-state index is 0.182. The molecule has 172 valence electrons. The van der Waals surface area contributed by atoms with E-state index in [-0.39, 0.29) is 18.8 Å². The van der Waals surface area contributed by atoms with Crippen LogP contribution in [0.4, 0.5) is 5.82 Å². The van der Waals surface area contributed by atoms with E-state index in [4.69, 9.17) is 20.9 Å². The summed E-state index contributed by atoms with van der Waals surface area (Å²) in [6.07, 6.45) is 0.183. The van der Waals surface area contributed by atoms with Gasteiger partial charge in [0.25, 0.3) is 0 Å². The smallest absolute Gasteiger partial charge is 0.323 e. The van der Waals surface area contributed by atoms with Crippen LogP contribution < -0.4 is 11.5 Å². The first kappa shape index (κ1) is 21.3. The van der Waals surface area contributed by atoms with Crippen molar-refractivity contribution in [3.63, 3.8) is 0 Å². The van der Waals surface area contributed by atoms with E-state index >= 15 is 0 Å². The van der Waals surface area contributed by atoms with Crippen molar-refractivity contribution < 1.29 is 24.5 Å². The predicted molar refractivity (Wildman–Crippen MR) is 117 cm³/mol. The van der Waals surface area contributed by atoms with Crippen LogP contribution in [0.25, 0.3) is 22.1 Å². The number of nitrogens with zero attached hydrogens (tertiary/aromatic N) is 4. The monoisotopic (exact) mass is 453 g/mol. The van der Waals surface area contributed by atoms with Gasteiger partial charge in [0.1, 0.15) is 42.8 Å². The molecule has 1 fully saturated rings. The number of nitrogens with one attached hydrogen (secondary N) is 1. The molecule has 33 heavy (non-hydrogen) atoms. The first-order valence-corrected chi connectivity index (χ1v) is 10.4. The molecular weight excluding hydrogens is 430 g/mol. The number of H-pyrrole nitrogens is 1. The molecular formula is C21H23N7O5. The molecule has 0 spiro atoms. The summed E-state index contributed by atoms with van der Waals surface area (Å²) in [6, 6.07) is 6.81. The highest BCUT2D eigenvalue weighted by molar-refractivity contribution is 5.84. The number of para-hydroxylation sites is 1. The number of aromatic amines is 1. The van der Waals surface area contributed by atoms with Crippen molar-refractivity contribution in [3.8, 4) is 0 Å². The number of aliphatic hydroxyl groups is 2. The number of carbonyl (C=O) groups excluding carboxylic acids is 1. The van der Waals surface area contributed by atoms with Gasteiger partial charge in [0.15, 0.2) is 17.7 Å². The number of anilines is 1. The fourth-order valence-corrected chi connectivity index (χ4v) is 4.04. The molecule has 0 bridgehead atoms. The summed E-state index contributed by atoms with van der Waals surface area (Å²) in [5.41, 5.74) is 14.4. The number of hydrogen-bond donors (Lipinski definition) is 5. The summed E-state index contributed by atoms with van der Waals surface area (Å²) in [5.74, 6) is -0.455. The maximum Gasteiger partial charge on any atom is 0.323 e. The average molecular weight is 453 g/mol. The van der Waals surface area contributed by atoms with Gasteiger partial charge in [-0.1, -0.05) is 18.2 Å². The number of benzene rings is 1. The zero-order valence-corrected chi connectivity index (χ0v) is 17.4. The van der Waals surface area contributed by atoms with E-state index in [2.05, 4.69) is 19.9 Å². The Morgan fingerprint density at radius 3 is 2.91 bits per heavy atom. The second-order valence-corrected chi connectivity index (χ2v) is 7.93. The second kappa shape index (κ2) is 8.41. The standard InChI is InChI=1S/C21H23N7O5/c22-12(5-10-6-24-13-4-2-1-3-11(10)13)21(31)32-7-14-16(29)17(30)20(33-14)28-9-27-15-18(23)25-8-26-19(15)28/h1-4,6,8-9,12,14,16-17,20,24,29-30H,5,7,22H2,(H2,23,25,26)/t12-,14+,16?,17?,20+/m0/s1. The molecule has 1 aromatic carbocycles. The third-order valence-electron chi connectivity index (χ3n) is 5.81. The molecule has 3 aromatic heterocycles. The first-order chi connectivity index (χ1) is 15.9. The average Bonchev–Trinajstić information content (AvgIpc) is 3.50. The molecule has 2 unspecified atom stereocenters. The van der Waals surface area contributed by atoms with Gasteiger partial charge >= 0.3 is 5.97 Å². The van der Waals surface area contributed by atoms with E-state index in [9.17, 15) is 15.0 Å². The number of esters is 1. The molecule has 1 aliphatic heterocycles. The largest absolute Gasteiger partial charge is 0.462 e. The Balaban J connectivity index is 1.23. The van der Waals surface area contributed by atoms with Crippen molar-refractivity contribution >= 4 is 33.9 Å². The number of hydrogen-bond acceptors (Lipinski definition) is 10. The summed E-state index contributed by atoms with van der Waals surface area (Å²) in [7, 11) is 0. The van der Waals surface area contributed by atoms with Gasteiger partial charge in [-0.15, -0.1) is 0 Å². The van der Waals surface area contributed by atoms with Crippen LogP contribution in [0.3, 0.4) is 0 Å². The number of nitrogen functional groups attached to an aromatic ring is 1. The predicted octanol–water partition coefficient (Wildman–Crippen LogP) is -0.378. The number of ether oxygens (including phenoxy) is 2. The molecule has 0 saturated carbocycles. The van der Waals surface area contributed by atoms with Crippen LogP contribution in [0.5, 0.6) is 0 Å². The van der Waals surface area contributed by atoms with Crippen molar-refractivity contribution in [2.24, 2.45) is 5.73 Å². The van der Waals surface area contributed by atoms with Crippen LogP contribution in [-0.4, -0.2) is 71.6 Å². The summed E-state index contributed by atoms with van der Waals surface area (Å²) < 4.78 is 12.5. The maximum absolute atomic E-state index is 12.5. The summed E-state index contributed by atoms with van der Waals surface area (Å²) in [5, 5.41) is 21.9.